The maximum atomic E-state index is 11.9. The molecular formula is C18H12N2O10S2. The van der Waals surface area contributed by atoms with E-state index >= 15 is 0 Å². The van der Waals surface area contributed by atoms with Crippen molar-refractivity contribution in [3.63, 3.8) is 0 Å². The van der Waals surface area contributed by atoms with Gasteiger partial charge >= 0.3 is 0 Å². The maximum Gasteiger partial charge on any atom is 0.297 e. The summed E-state index contributed by atoms with van der Waals surface area (Å²) in [5, 5.41) is 21.1. The molecule has 0 aliphatic carbocycles. The average Bonchev–Trinajstić information content (AvgIpc) is 2.75. The fraction of sp³-hybridized carbons (Fsp3) is 0.111. The lowest BCUT2D eigenvalue weighted by atomic mass is 10.3. The van der Waals surface area contributed by atoms with Gasteiger partial charge in [-0.15, -0.1) is 0 Å². The molecule has 0 radical (unpaired) electrons. The SMILES string of the molecule is O=[N+]([O-])c1ccc(S(=O)(=O)OCC#CC#CCOS(=O)(=O)c2ccc([N+](=O)[O-])cc2)cc1. The van der Waals surface area contributed by atoms with E-state index in [1.165, 1.54) is 0 Å². The Morgan fingerprint density at radius 3 is 1.25 bits per heavy atom. The molecule has 0 bridgehead atoms. The zero-order valence-corrected chi connectivity index (χ0v) is 17.5. The van der Waals surface area contributed by atoms with Crippen LogP contribution in [-0.4, -0.2) is 39.9 Å². The Hall–Kier alpha value is -3.82. The van der Waals surface area contributed by atoms with Gasteiger partial charge in [-0.1, -0.05) is 11.8 Å². The number of benzene rings is 2. The third-order valence-corrected chi connectivity index (χ3v) is 6.04. The summed E-state index contributed by atoms with van der Waals surface area (Å²) in [6.07, 6.45) is 0. The molecule has 0 unspecified atom stereocenters. The van der Waals surface area contributed by atoms with Crippen LogP contribution in [-0.2, 0) is 28.6 Å². The summed E-state index contributed by atoms with van der Waals surface area (Å²) in [5.41, 5.74) is -0.561. The molecule has 2 aromatic carbocycles. The van der Waals surface area contributed by atoms with Gasteiger partial charge in [0.25, 0.3) is 31.6 Å². The van der Waals surface area contributed by atoms with Gasteiger partial charge < -0.3 is 0 Å². The van der Waals surface area contributed by atoms with Crippen molar-refractivity contribution in [2.45, 2.75) is 9.79 Å². The van der Waals surface area contributed by atoms with Gasteiger partial charge in [0.2, 0.25) is 0 Å². The van der Waals surface area contributed by atoms with Crippen molar-refractivity contribution in [3.8, 4) is 23.7 Å². The standard InChI is InChI=1S/C18H12N2O10S2/c21-19(22)15-5-9-17(10-6-15)31(25,26)29-13-3-1-2-4-14-30-32(27,28)18-11-7-16(8-12-18)20(23)24/h5-12H,13-14H2. The second-order valence-electron chi connectivity index (χ2n) is 5.54. The normalized spacial score (nSPS) is 10.9. The second kappa shape index (κ2) is 10.5. The molecule has 0 N–H and O–H groups in total. The van der Waals surface area contributed by atoms with E-state index in [4.69, 9.17) is 0 Å². The molecule has 0 saturated heterocycles. The molecule has 14 heteroatoms. The molecule has 0 aliphatic rings. The smallest absolute Gasteiger partial charge is 0.258 e. The van der Waals surface area contributed by atoms with E-state index in [2.05, 4.69) is 32.0 Å². The van der Waals surface area contributed by atoms with Crippen molar-refractivity contribution in [1.82, 2.24) is 0 Å². The molecule has 32 heavy (non-hydrogen) atoms. The van der Waals surface area contributed by atoms with Gasteiger partial charge in [0.05, 0.1) is 19.6 Å². The molecule has 0 spiro atoms. The number of non-ortho nitro benzene ring substituents is 2. The Balaban J connectivity index is 1.86. The zero-order valence-electron chi connectivity index (χ0n) is 15.8. The number of hydrogen-bond acceptors (Lipinski definition) is 10. The minimum absolute atomic E-state index is 0.281. The fourth-order valence-electron chi connectivity index (χ4n) is 1.98. The van der Waals surface area contributed by atoms with Gasteiger partial charge in [-0.3, -0.25) is 28.6 Å². The Morgan fingerprint density at radius 1 is 0.656 bits per heavy atom. The molecule has 0 saturated carbocycles. The minimum Gasteiger partial charge on any atom is -0.258 e. The summed E-state index contributed by atoms with van der Waals surface area (Å²) in [6.45, 7) is -1.12. The monoisotopic (exact) mass is 480 g/mol. The third kappa shape index (κ3) is 6.86. The Bertz CT molecular complexity index is 1240. The summed E-state index contributed by atoms with van der Waals surface area (Å²) in [4.78, 5) is 19.2. The Morgan fingerprint density at radius 2 is 0.969 bits per heavy atom. The number of hydrogen-bond donors (Lipinski definition) is 0. The number of nitro benzene ring substituents is 2. The first-order valence-corrected chi connectivity index (χ1v) is 11.1. The van der Waals surface area contributed by atoms with Gasteiger partial charge in [0, 0.05) is 24.3 Å². The van der Waals surface area contributed by atoms with Gasteiger partial charge in [-0.2, -0.15) is 16.8 Å². The van der Waals surface area contributed by atoms with E-state index in [9.17, 15) is 37.1 Å². The Labute approximate surface area is 182 Å². The second-order valence-corrected chi connectivity index (χ2v) is 8.77. The lowest BCUT2D eigenvalue weighted by Crippen LogP contribution is -2.07. The van der Waals surface area contributed by atoms with Crippen LogP contribution >= 0.6 is 0 Å². The van der Waals surface area contributed by atoms with E-state index in [1.54, 1.807) is 0 Å². The third-order valence-electron chi connectivity index (χ3n) is 3.48. The average molecular weight is 480 g/mol. The highest BCUT2D eigenvalue weighted by Gasteiger charge is 2.17. The van der Waals surface area contributed by atoms with Gasteiger partial charge in [-0.05, 0) is 36.1 Å². The molecule has 12 nitrogen and oxygen atoms in total. The van der Waals surface area contributed by atoms with E-state index in [-0.39, 0.29) is 21.2 Å². The van der Waals surface area contributed by atoms with Crippen LogP contribution in [0, 0.1) is 43.9 Å². The molecule has 0 atom stereocenters. The van der Waals surface area contributed by atoms with E-state index in [1.807, 2.05) is 0 Å². The predicted molar refractivity (Wildman–Crippen MR) is 108 cm³/mol. The largest absolute Gasteiger partial charge is 0.297 e. The highest BCUT2D eigenvalue weighted by molar-refractivity contribution is 7.87. The number of rotatable bonds is 8. The van der Waals surface area contributed by atoms with Crippen LogP contribution in [0.1, 0.15) is 0 Å². The summed E-state index contributed by atoms with van der Waals surface area (Å²) >= 11 is 0. The molecule has 0 aliphatic heterocycles. The van der Waals surface area contributed by atoms with Crippen molar-refractivity contribution >= 4 is 31.6 Å². The van der Waals surface area contributed by atoms with Crippen LogP contribution < -0.4 is 0 Å². The van der Waals surface area contributed by atoms with Crippen molar-refractivity contribution in [2.24, 2.45) is 0 Å². The first-order chi connectivity index (χ1) is 15.0. The minimum atomic E-state index is -4.18. The zero-order chi connectivity index (χ0) is 23.8. The van der Waals surface area contributed by atoms with Crippen molar-refractivity contribution in [1.29, 1.82) is 0 Å². The van der Waals surface area contributed by atoms with Gasteiger partial charge in [-0.25, -0.2) is 0 Å². The van der Waals surface area contributed by atoms with E-state index in [0.717, 1.165) is 48.5 Å². The summed E-state index contributed by atoms with van der Waals surface area (Å²) < 4.78 is 57.0. The summed E-state index contributed by atoms with van der Waals surface area (Å²) in [6, 6.07) is 8.12. The molecule has 166 valence electrons. The molecule has 0 heterocycles. The molecule has 0 aromatic heterocycles. The molecule has 0 amide bonds. The topological polar surface area (TPSA) is 173 Å². The van der Waals surface area contributed by atoms with Crippen LogP contribution in [0.25, 0.3) is 0 Å². The van der Waals surface area contributed by atoms with Crippen molar-refractivity contribution in [3.05, 3.63) is 68.8 Å². The lowest BCUT2D eigenvalue weighted by molar-refractivity contribution is -0.385. The predicted octanol–water partition coefficient (Wildman–Crippen LogP) is 1.62. The van der Waals surface area contributed by atoms with Gasteiger partial charge in [0.1, 0.15) is 13.2 Å². The highest BCUT2D eigenvalue weighted by atomic mass is 32.2. The van der Waals surface area contributed by atoms with Crippen molar-refractivity contribution in [2.75, 3.05) is 13.2 Å². The van der Waals surface area contributed by atoms with Gasteiger partial charge in [0.15, 0.2) is 0 Å². The molecular weight excluding hydrogens is 468 g/mol. The van der Waals surface area contributed by atoms with Crippen LogP contribution in [0.15, 0.2) is 58.3 Å². The lowest BCUT2D eigenvalue weighted by Gasteiger charge is -2.02. The van der Waals surface area contributed by atoms with Crippen molar-refractivity contribution < 1.29 is 35.0 Å². The van der Waals surface area contributed by atoms with Crippen LogP contribution in [0.2, 0.25) is 0 Å². The summed E-state index contributed by atoms with van der Waals surface area (Å²) in [5.74, 6) is 9.05. The van der Waals surface area contributed by atoms with E-state index in [0.29, 0.717) is 0 Å². The summed E-state index contributed by atoms with van der Waals surface area (Å²) in [7, 11) is -8.36. The quantitative estimate of drug-likeness (QED) is 0.234. The first-order valence-electron chi connectivity index (χ1n) is 8.26. The van der Waals surface area contributed by atoms with Crippen LogP contribution in [0.5, 0.6) is 0 Å². The number of nitro groups is 2. The van der Waals surface area contributed by atoms with Crippen LogP contribution in [0.3, 0.4) is 0 Å². The van der Waals surface area contributed by atoms with E-state index < -0.39 is 43.3 Å². The first kappa shape index (κ1) is 24.4. The molecule has 0 fully saturated rings. The fourth-order valence-corrected chi connectivity index (χ4v) is 3.62. The highest BCUT2D eigenvalue weighted by Crippen LogP contribution is 2.18. The Kier molecular flexibility index (Phi) is 8.00. The molecule has 2 rings (SSSR count). The van der Waals surface area contributed by atoms with Crippen LogP contribution in [0.4, 0.5) is 11.4 Å². The number of nitrogens with zero attached hydrogens (tertiary/aromatic N) is 2. The molecule has 2 aromatic rings. The maximum absolute atomic E-state index is 11.9.